The predicted octanol–water partition coefficient (Wildman–Crippen LogP) is 3.12. The number of nitrogens with zero attached hydrogens (tertiary/aromatic N) is 1. The van der Waals surface area contributed by atoms with Gasteiger partial charge in [-0.3, -0.25) is 0 Å². The third-order valence-electron chi connectivity index (χ3n) is 3.72. The zero-order valence-corrected chi connectivity index (χ0v) is 13.3. The first-order valence-electron chi connectivity index (χ1n) is 7.33. The van der Waals surface area contributed by atoms with E-state index >= 15 is 0 Å². The molecule has 0 unspecified atom stereocenters. The first kappa shape index (κ1) is 16.2. The monoisotopic (exact) mass is 262 g/mol. The molecule has 0 saturated heterocycles. The number of hydrogen-bond acceptors (Lipinski definition) is 2. The Labute approximate surface area is 119 Å². The van der Waals surface area contributed by atoms with E-state index in [-0.39, 0.29) is 5.41 Å². The van der Waals surface area contributed by atoms with E-state index < -0.39 is 0 Å². The van der Waals surface area contributed by atoms with Crippen molar-refractivity contribution in [1.29, 1.82) is 0 Å². The van der Waals surface area contributed by atoms with Crippen LogP contribution in [0.4, 0.5) is 0 Å². The summed E-state index contributed by atoms with van der Waals surface area (Å²) in [5.74, 6) is 0. The van der Waals surface area contributed by atoms with Crippen molar-refractivity contribution in [2.75, 3.05) is 26.7 Å². The first-order valence-corrected chi connectivity index (χ1v) is 7.33. The highest BCUT2D eigenvalue weighted by molar-refractivity contribution is 5.34. The first-order chi connectivity index (χ1) is 8.84. The van der Waals surface area contributed by atoms with Crippen LogP contribution in [0, 0.1) is 6.92 Å². The summed E-state index contributed by atoms with van der Waals surface area (Å²) < 4.78 is 0. The largest absolute Gasteiger partial charge is 0.330 e. The SMILES string of the molecule is Cc1cc(C(C)(C)C)ccc1CCN(C)CCCN. The minimum Gasteiger partial charge on any atom is -0.330 e. The number of nitrogens with two attached hydrogens (primary N) is 1. The summed E-state index contributed by atoms with van der Waals surface area (Å²) in [5, 5.41) is 0. The standard InChI is InChI=1S/C17H30N2/c1-14-13-16(17(2,3)4)8-7-15(14)9-12-19(5)11-6-10-18/h7-8,13H,6,9-12,18H2,1-5H3. The van der Waals surface area contributed by atoms with Gasteiger partial charge in [-0.1, -0.05) is 39.0 Å². The second kappa shape index (κ2) is 7.06. The van der Waals surface area contributed by atoms with E-state index in [0.717, 1.165) is 32.5 Å². The van der Waals surface area contributed by atoms with Crippen molar-refractivity contribution in [2.24, 2.45) is 5.73 Å². The second-order valence-electron chi connectivity index (χ2n) is 6.59. The number of rotatable bonds is 6. The lowest BCUT2D eigenvalue weighted by Gasteiger charge is -2.21. The number of aryl methyl sites for hydroxylation is 1. The molecular weight excluding hydrogens is 232 g/mol. The Balaban J connectivity index is 2.60. The second-order valence-corrected chi connectivity index (χ2v) is 6.59. The molecule has 19 heavy (non-hydrogen) atoms. The zero-order valence-electron chi connectivity index (χ0n) is 13.3. The Morgan fingerprint density at radius 3 is 2.37 bits per heavy atom. The van der Waals surface area contributed by atoms with Crippen LogP contribution in [0.5, 0.6) is 0 Å². The van der Waals surface area contributed by atoms with Crippen molar-refractivity contribution >= 4 is 0 Å². The van der Waals surface area contributed by atoms with Crippen LogP contribution in [0.2, 0.25) is 0 Å². The maximum atomic E-state index is 5.54. The Morgan fingerprint density at radius 2 is 1.84 bits per heavy atom. The van der Waals surface area contributed by atoms with Gasteiger partial charge in [0.1, 0.15) is 0 Å². The van der Waals surface area contributed by atoms with Crippen molar-refractivity contribution in [3.05, 3.63) is 34.9 Å². The van der Waals surface area contributed by atoms with Crippen LogP contribution in [0.1, 0.15) is 43.9 Å². The summed E-state index contributed by atoms with van der Waals surface area (Å²) in [6.45, 7) is 12.0. The molecule has 0 aromatic heterocycles. The van der Waals surface area contributed by atoms with Crippen LogP contribution in [0.15, 0.2) is 18.2 Å². The van der Waals surface area contributed by atoms with Crippen molar-refractivity contribution in [2.45, 2.75) is 46.0 Å². The summed E-state index contributed by atoms with van der Waals surface area (Å²) >= 11 is 0. The highest BCUT2D eigenvalue weighted by Gasteiger charge is 2.14. The molecule has 0 bridgehead atoms. The average Bonchev–Trinajstić information content (AvgIpc) is 2.33. The van der Waals surface area contributed by atoms with Gasteiger partial charge in [0.25, 0.3) is 0 Å². The fourth-order valence-electron chi connectivity index (χ4n) is 2.23. The molecule has 0 aliphatic carbocycles. The van der Waals surface area contributed by atoms with Gasteiger partial charge in [0.05, 0.1) is 0 Å². The molecular formula is C17H30N2. The Morgan fingerprint density at radius 1 is 1.16 bits per heavy atom. The highest BCUT2D eigenvalue weighted by atomic mass is 15.1. The molecule has 0 amide bonds. The van der Waals surface area contributed by atoms with E-state index in [1.807, 2.05) is 0 Å². The van der Waals surface area contributed by atoms with Gasteiger partial charge >= 0.3 is 0 Å². The van der Waals surface area contributed by atoms with Crippen molar-refractivity contribution in [1.82, 2.24) is 4.90 Å². The molecule has 0 aliphatic rings. The lowest BCUT2D eigenvalue weighted by molar-refractivity contribution is 0.335. The fraction of sp³-hybridized carbons (Fsp3) is 0.647. The molecule has 2 nitrogen and oxygen atoms in total. The Hall–Kier alpha value is -0.860. The number of benzene rings is 1. The molecule has 0 saturated carbocycles. The molecule has 0 atom stereocenters. The molecule has 0 spiro atoms. The van der Waals surface area contributed by atoms with Crippen LogP contribution in [0.3, 0.4) is 0 Å². The average molecular weight is 262 g/mol. The van der Waals surface area contributed by atoms with Gasteiger partial charge in [0, 0.05) is 6.54 Å². The van der Waals surface area contributed by atoms with E-state index in [1.165, 1.54) is 16.7 Å². The van der Waals surface area contributed by atoms with E-state index in [1.54, 1.807) is 0 Å². The number of hydrogen-bond donors (Lipinski definition) is 1. The van der Waals surface area contributed by atoms with E-state index in [0.29, 0.717) is 0 Å². The maximum absolute atomic E-state index is 5.54. The zero-order chi connectivity index (χ0) is 14.5. The van der Waals surface area contributed by atoms with E-state index in [2.05, 4.69) is 57.8 Å². The summed E-state index contributed by atoms with van der Waals surface area (Å²) in [4.78, 5) is 2.37. The fourth-order valence-corrected chi connectivity index (χ4v) is 2.23. The quantitative estimate of drug-likeness (QED) is 0.853. The molecule has 108 valence electrons. The topological polar surface area (TPSA) is 29.3 Å². The van der Waals surface area contributed by atoms with Crippen molar-refractivity contribution < 1.29 is 0 Å². The summed E-state index contributed by atoms with van der Waals surface area (Å²) in [5.41, 5.74) is 10.1. The third kappa shape index (κ3) is 5.33. The van der Waals surface area contributed by atoms with E-state index in [9.17, 15) is 0 Å². The summed E-state index contributed by atoms with van der Waals surface area (Å²) in [7, 11) is 2.18. The van der Waals surface area contributed by atoms with Gasteiger partial charge in [0.2, 0.25) is 0 Å². The van der Waals surface area contributed by atoms with E-state index in [4.69, 9.17) is 5.73 Å². The molecule has 0 fully saturated rings. The summed E-state index contributed by atoms with van der Waals surface area (Å²) in [6, 6.07) is 6.92. The van der Waals surface area contributed by atoms with Gasteiger partial charge < -0.3 is 10.6 Å². The van der Waals surface area contributed by atoms with Gasteiger partial charge in [-0.05, 0) is 62.0 Å². The Kier molecular flexibility index (Phi) is 6.02. The van der Waals surface area contributed by atoms with Crippen LogP contribution in [-0.4, -0.2) is 31.6 Å². The van der Waals surface area contributed by atoms with Crippen molar-refractivity contribution in [3.63, 3.8) is 0 Å². The molecule has 1 aromatic rings. The summed E-state index contributed by atoms with van der Waals surface area (Å²) in [6.07, 6.45) is 2.20. The smallest absolute Gasteiger partial charge is 0.00189 e. The van der Waals surface area contributed by atoms with Crippen LogP contribution in [-0.2, 0) is 11.8 Å². The van der Waals surface area contributed by atoms with Crippen LogP contribution < -0.4 is 5.73 Å². The third-order valence-corrected chi connectivity index (χ3v) is 3.72. The van der Waals surface area contributed by atoms with Gasteiger partial charge in [-0.15, -0.1) is 0 Å². The van der Waals surface area contributed by atoms with Gasteiger partial charge in [-0.25, -0.2) is 0 Å². The lowest BCUT2D eigenvalue weighted by atomic mass is 9.85. The van der Waals surface area contributed by atoms with Gasteiger partial charge in [0.15, 0.2) is 0 Å². The minimum atomic E-state index is 0.237. The molecule has 1 aromatic carbocycles. The van der Waals surface area contributed by atoms with Crippen LogP contribution in [0.25, 0.3) is 0 Å². The predicted molar refractivity (Wildman–Crippen MR) is 84.8 cm³/mol. The lowest BCUT2D eigenvalue weighted by Crippen LogP contribution is -2.24. The van der Waals surface area contributed by atoms with Gasteiger partial charge in [-0.2, -0.15) is 0 Å². The molecule has 0 radical (unpaired) electrons. The molecule has 2 heteroatoms. The van der Waals surface area contributed by atoms with Crippen molar-refractivity contribution in [3.8, 4) is 0 Å². The maximum Gasteiger partial charge on any atom is 0.00189 e. The molecule has 1 rings (SSSR count). The minimum absolute atomic E-state index is 0.237. The normalized spacial score (nSPS) is 12.2. The Bertz CT molecular complexity index is 391. The molecule has 2 N–H and O–H groups in total. The molecule has 0 aliphatic heterocycles. The number of likely N-dealkylation sites (N-methyl/N-ethyl adjacent to an activating group) is 1. The molecule has 0 heterocycles. The highest BCUT2D eigenvalue weighted by Crippen LogP contribution is 2.24. The van der Waals surface area contributed by atoms with Crippen LogP contribution >= 0.6 is 0 Å².